The number of carbonyl (C=O) groups excluding carboxylic acids is 3. The van der Waals surface area contributed by atoms with Crippen LogP contribution in [0.15, 0.2) is 0 Å². The van der Waals surface area contributed by atoms with Crippen LogP contribution in [0, 0.1) is 0 Å². The lowest BCUT2D eigenvalue weighted by atomic mass is 10.1. The highest BCUT2D eigenvalue weighted by Crippen LogP contribution is 2.11. The summed E-state index contributed by atoms with van der Waals surface area (Å²) in [7, 11) is 0. The summed E-state index contributed by atoms with van der Waals surface area (Å²) >= 11 is 1.37. The second-order valence-corrected chi connectivity index (χ2v) is 13.8. The Morgan fingerprint density at radius 1 is 0.540 bits per heavy atom. The normalized spacial score (nSPS) is 12.3. The number of thioether (sulfide) groups is 1. The van der Waals surface area contributed by atoms with Crippen molar-refractivity contribution in [3.8, 4) is 0 Å². The second kappa shape index (κ2) is 38.4. The zero-order valence-corrected chi connectivity index (χ0v) is 32.7. The average molecular weight is 735 g/mol. The van der Waals surface area contributed by atoms with E-state index in [1.807, 2.05) is 0 Å². The smallest absolute Gasteiger partial charge is 0.407 e. The Labute approximate surface area is 308 Å². The maximum atomic E-state index is 12.5. The number of alkyl carbamates (subject to hydrolysis) is 2. The van der Waals surface area contributed by atoms with Gasteiger partial charge in [0.15, 0.2) is 0 Å². The minimum atomic E-state index is -0.751. The fourth-order valence-corrected chi connectivity index (χ4v) is 5.86. The van der Waals surface area contributed by atoms with Gasteiger partial charge >= 0.3 is 12.2 Å². The Bertz CT molecular complexity index is 784. The maximum absolute atomic E-state index is 12.5. The lowest BCUT2D eigenvalue weighted by Crippen LogP contribution is -2.43. The first kappa shape index (κ1) is 48.2. The highest BCUT2D eigenvalue weighted by Gasteiger charge is 2.19. The van der Waals surface area contributed by atoms with E-state index in [4.69, 9.17) is 29.4 Å². The van der Waals surface area contributed by atoms with E-state index in [1.54, 1.807) is 0 Å². The molecule has 0 aromatic carbocycles. The quantitative estimate of drug-likeness (QED) is 0.0505. The van der Waals surface area contributed by atoms with Gasteiger partial charge in [0.25, 0.3) is 0 Å². The molecule has 13 heteroatoms. The number of carbonyl (C=O) groups is 3. The van der Waals surface area contributed by atoms with Gasteiger partial charge in [-0.05, 0) is 19.3 Å². The van der Waals surface area contributed by atoms with Gasteiger partial charge in [-0.15, -0.1) is 0 Å². The van der Waals surface area contributed by atoms with Crippen molar-refractivity contribution in [2.24, 2.45) is 5.73 Å². The molecule has 0 heterocycles. The summed E-state index contributed by atoms with van der Waals surface area (Å²) in [6.07, 6.45) is 18.1. The molecule has 0 radical (unpaired) electrons. The molecule has 3 amide bonds. The number of nitrogens with one attached hydrogen (secondary N) is 3. The molecule has 0 aliphatic heterocycles. The van der Waals surface area contributed by atoms with Gasteiger partial charge in [0.2, 0.25) is 5.91 Å². The van der Waals surface area contributed by atoms with E-state index in [0.29, 0.717) is 64.2 Å². The molecule has 0 unspecified atom stereocenters. The molecule has 0 bridgehead atoms. The second-order valence-electron chi connectivity index (χ2n) is 12.7. The van der Waals surface area contributed by atoms with Gasteiger partial charge in [-0.2, -0.15) is 11.8 Å². The lowest BCUT2D eigenvalue weighted by molar-refractivity contribution is -0.122. The first-order chi connectivity index (χ1) is 24.4. The van der Waals surface area contributed by atoms with Crippen molar-refractivity contribution in [1.29, 1.82) is 0 Å². The third-order valence-corrected chi connectivity index (χ3v) is 9.05. The van der Waals surface area contributed by atoms with Crippen molar-refractivity contribution in [3.63, 3.8) is 0 Å². The minimum absolute atomic E-state index is 0.0876. The number of hydrogen-bond acceptors (Lipinski definition) is 10. The number of ether oxygens (including phenoxy) is 5. The molecule has 5 N–H and O–H groups in total. The minimum Gasteiger partial charge on any atom is -0.446 e. The molecule has 0 aromatic rings. The third kappa shape index (κ3) is 34.6. The van der Waals surface area contributed by atoms with Crippen LogP contribution in [0.3, 0.4) is 0 Å². The van der Waals surface area contributed by atoms with Crippen LogP contribution in [0.4, 0.5) is 9.59 Å². The van der Waals surface area contributed by atoms with Crippen LogP contribution in [0.25, 0.3) is 0 Å². The van der Waals surface area contributed by atoms with Crippen molar-refractivity contribution in [1.82, 2.24) is 16.0 Å². The van der Waals surface area contributed by atoms with E-state index >= 15 is 0 Å². The Balaban J connectivity index is 4.40. The van der Waals surface area contributed by atoms with Crippen LogP contribution in [-0.4, -0.2) is 108 Å². The lowest BCUT2D eigenvalue weighted by Gasteiger charge is -2.19. The Kier molecular flexibility index (Phi) is 37.0. The van der Waals surface area contributed by atoms with E-state index in [2.05, 4.69) is 36.7 Å². The Morgan fingerprint density at radius 3 is 1.56 bits per heavy atom. The molecule has 12 nitrogen and oxygen atoms in total. The van der Waals surface area contributed by atoms with Crippen LogP contribution in [0.1, 0.15) is 130 Å². The van der Waals surface area contributed by atoms with E-state index in [9.17, 15) is 14.4 Å². The molecule has 0 aliphatic carbocycles. The topological polar surface area (TPSA) is 159 Å². The molecule has 0 aromatic heterocycles. The summed E-state index contributed by atoms with van der Waals surface area (Å²) in [6, 6.07) is -0.751. The van der Waals surface area contributed by atoms with Gasteiger partial charge in [0.05, 0.1) is 39.1 Å². The van der Waals surface area contributed by atoms with E-state index in [0.717, 1.165) is 45.1 Å². The van der Waals surface area contributed by atoms with Gasteiger partial charge in [0, 0.05) is 37.7 Å². The third-order valence-electron chi connectivity index (χ3n) is 7.85. The fraction of sp³-hybridized carbons (Fsp3) is 0.919. The van der Waals surface area contributed by atoms with Crippen LogP contribution in [-0.2, 0) is 28.5 Å². The number of amides is 3. The first-order valence-electron chi connectivity index (χ1n) is 19.6. The van der Waals surface area contributed by atoms with Gasteiger partial charge in [0.1, 0.15) is 12.7 Å². The number of rotatable bonds is 37. The summed E-state index contributed by atoms with van der Waals surface area (Å²) in [4.78, 5) is 37.3. The van der Waals surface area contributed by atoms with E-state index < -0.39 is 24.3 Å². The highest BCUT2D eigenvalue weighted by atomic mass is 32.2. The van der Waals surface area contributed by atoms with Crippen LogP contribution >= 0.6 is 11.8 Å². The molecular weight excluding hydrogens is 660 g/mol. The SMILES string of the molecule is CCCCCCCCCCNC(=O)OC[C@H](CSC[C@H](N)C(=O)NCCOCCOCCOCCC)OC(=O)NCCCCCCCCCC. The van der Waals surface area contributed by atoms with Crippen molar-refractivity contribution in [2.75, 3.05) is 77.4 Å². The maximum Gasteiger partial charge on any atom is 0.407 e. The zero-order chi connectivity index (χ0) is 36.8. The molecule has 0 aliphatic rings. The van der Waals surface area contributed by atoms with Gasteiger partial charge in [-0.1, -0.05) is 111 Å². The predicted molar refractivity (Wildman–Crippen MR) is 204 cm³/mol. The highest BCUT2D eigenvalue weighted by molar-refractivity contribution is 7.99. The molecule has 0 saturated heterocycles. The molecule has 50 heavy (non-hydrogen) atoms. The molecule has 0 fully saturated rings. The van der Waals surface area contributed by atoms with Gasteiger partial charge in [-0.25, -0.2) is 9.59 Å². The average Bonchev–Trinajstić information content (AvgIpc) is 3.11. The van der Waals surface area contributed by atoms with Crippen molar-refractivity contribution in [2.45, 2.75) is 142 Å². The molecule has 2 atom stereocenters. The summed E-state index contributed by atoms with van der Waals surface area (Å²) in [5, 5.41) is 8.38. The molecule has 0 saturated carbocycles. The molecule has 296 valence electrons. The zero-order valence-electron chi connectivity index (χ0n) is 31.9. The van der Waals surface area contributed by atoms with Crippen molar-refractivity contribution >= 4 is 29.9 Å². The molecule has 0 rings (SSSR count). The Hall–Kier alpha value is -1.80. The van der Waals surface area contributed by atoms with Gasteiger partial charge < -0.3 is 45.4 Å². The largest absolute Gasteiger partial charge is 0.446 e. The Morgan fingerprint density at radius 2 is 1.02 bits per heavy atom. The number of nitrogens with two attached hydrogens (primary N) is 1. The number of unbranched alkanes of at least 4 members (excludes halogenated alkanes) is 14. The molecular formula is C37H74N4O8S. The molecule has 0 spiro atoms. The van der Waals surface area contributed by atoms with E-state index in [-0.39, 0.29) is 12.5 Å². The summed E-state index contributed by atoms with van der Waals surface area (Å²) in [5.74, 6) is 0.345. The fourth-order valence-electron chi connectivity index (χ4n) is 4.89. The van der Waals surface area contributed by atoms with Crippen LogP contribution in [0.5, 0.6) is 0 Å². The standard InChI is InChI=1S/C37H74N4O8S/c1-4-7-9-11-13-15-17-19-21-40-36(43)48-30-33(49-37(44)41-22-20-18-16-14-12-10-8-5-2)31-50-32-34(38)35(42)39-23-25-46-27-29-47-28-26-45-24-6-3/h33-34H,4-32,38H2,1-3H3,(H,39,42)(H,40,43)(H,41,44)/t33-,34+/m1/s1. The van der Waals surface area contributed by atoms with Crippen molar-refractivity contribution in [3.05, 3.63) is 0 Å². The van der Waals surface area contributed by atoms with Crippen LogP contribution < -0.4 is 21.7 Å². The summed E-state index contributed by atoms with van der Waals surface area (Å²) < 4.78 is 27.3. The van der Waals surface area contributed by atoms with Crippen molar-refractivity contribution < 1.29 is 38.1 Å². The van der Waals surface area contributed by atoms with E-state index in [1.165, 1.54) is 82.4 Å². The monoisotopic (exact) mass is 735 g/mol. The predicted octanol–water partition coefficient (Wildman–Crippen LogP) is 6.73. The summed E-state index contributed by atoms with van der Waals surface area (Å²) in [5.41, 5.74) is 6.10. The summed E-state index contributed by atoms with van der Waals surface area (Å²) in [6.45, 7) is 10.9. The first-order valence-corrected chi connectivity index (χ1v) is 20.8. The van der Waals surface area contributed by atoms with Gasteiger partial charge in [-0.3, -0.25) is 4.79 Å². The van der Waals surface area contributed by atoms with Crippen LogP contribution in [0.2, 0.25) is 0 Å². The number of hydrogen-bond donors (Lipinski definition) is 4.